The number of aromatic amines is 1. The number of amides is 1. The third kappa shape index (κ3) is 4.95. The van der Waals surface area contributed by atoms with Crippen molar-refractivity contribution in [1.82, 2.24) is 15.0 Å². The molecule has 0 aliphatic carbocycles. The van der Waals surface area contributed by atoms with Gasteiger partial charge in [0.05, 0.1) is 17.7 Å². The number of nitrogens with one attached hydrogen (secondary N) is 1. The summed E-state index contributed by atoms with van der Waals surface area (Å²) in [6, 6.07) is 14.6. The molecule has 1 amide bonds. The van der Waals surface area contributed by atoms with Crippen LogP contribution >= 0.6 is 23.1 Å². The highest BCUT2D eigenvalue weighted by atomic mass is 32.2. The number of nitrogens with zero attached hydrogens (tertiary/aromatic N) is 4. The van der Waals surface area contributed by atoms with Gasteiger partial charge in [0, 0.05) is 28.6 Å². The first-order valence-corrected chi connectivity index (χ1v) is 11.9. The smallest absolute Gasteiger partial charge is 0.270 e. The molecule has 0 saturated carbocycles. The summed E-state index contributed by atoms with van der Waals surface area (Å²) in [5.41, 5.74) is 6.13. The number of benzene rings is 2. The summed E-state index contributed by atoms with van der Waals surface area (Å²) in [5.74, 6) is -0.318. The number of carbonyl (C=O) groups excluding carboxylic acids is 1. The minimum Gasteiger partial charge on any atom is -0.496 e. The van der Waals surface area contributed by atoms with Gasteiger partial charge in [-0.2, -0.15) is 5.26 Å². The maximum Gasteiger partial charge on any atom is 0.270 e. The van der Waals surface area contributed by atoms with Crippen molar-refractivity contribution in [3.63, 3.8) is 0 Å². The number of hydrogen-bond acceptors (Lipinski definition) is 10. The molecule has 4 aromatic rings. The van der Waals surface area contributed by atoms with Gasteiger partial charge in [-0.1, -0.05) is 36.0 Å². The molecule has 0 aliphatic rings. The van der Waals surface area contributed by atoms with Gasteiger partial charge in [0.1, 0.15) is 33.3 Å². The number of thiazole rings is 1. The maximum absolute atomic E-state index is 12.7. The molecule has 0 bridgehead atoms. The minimum absolute atomic E-state index is 0.0517. The van der Waals surface area contributed by atoms with Crippen LogP contribution in [0.2, 0.25) is 0 Å². The van der Waals surface area contributed by atoms with E-state index in [1.807, 2.05) is 6.07 Å². The molecule has 0 fully saturated rings. The molecule has 1 atom stereocenters. The van der Waals surface area contributed by atoms with E-state index in [2.05, 4.69) is 15.0 Å². The summed E-state index contributed by atoms with van der Waals surface area (Å²) in [7, 11) is 1.46. The number of carbonyl (C=O) groups is 1. The molecule has 3 N–H and O–H groups in total. The zero-order valence-corrected chi connectivity index (χ0v) is 20.1. The van der Waals surface area contributed by atoms with Gasteiger partial charge in [-0.15, -0.1) is 11.3 Å². The third-order valence-corrected chi connectivity index (χ3v) is 7.13. The van der Waals surface area contributed by atoms with E-state index >= 15 is 0 Å². The zero-order chi connectivity index (χ0) is 25.8. The molecule has 1 unspecified atom stereocenters. The van der Waals surface area contributed by atoms with Crippen LogP contribution in [-0.2, 0) is 4.79 Å². The van der Waals surface area contributed by atoms with E-state index in [1.54, 1.807) is 35.7 Å². The van der Waals surface area contributed by atoms with Crippen LogP contribution in [0.15, 0.2) is 63.9 Å². The van der Waals surface area contributed by atoms with Gasteiger partial charge in [0.25, 0.3) is 11.2 Å². The standard InChI is InChI=1S/C23H16N6O5S2/c1-34-17-8-3-2-7-14(17)18-15(10-24)21(31)28-23(27-18)36-19(20(25)30)22-26-16(11-35-22)12-5-4-6-13(9-12)29(32)33/h2-9,11,19H,1H3,(H2,25,30)(H,27,28,31). The average Bonchev–Trinajstić information content (AvgIpc) is 3.36. The van der Waals surface area contributed by atoms with Crippen molar-refractivity contribution in [2.45, 2.75) is 10.4 Å². The number of hydrogen-bond donors (Lipinski definition) is 2. The van der Waals surface area contributed by atoms with Crippen LogP contribution in [0.4, 0.5) is 5.69 Å². The second-order valence-corrected chi connectivity index (χ2v) is 9.17. The number of primary amides is 1. The van der Waals surface area contributed by atoms with E-state index in [1.165, 1.54) is 25.3 Å². The average molecular weight is 521 g/mol. The van der Waals surface area contributed by atoms with Gasteiger partial charge in [-0.05, 0) is 12.1 Å². The number of nitrogens with two attached hydrogens (primary N) is 1. The fraction of sp³-hybridized carbons (Fsp3) is 0.0870. The van der Waals surface area contributed by atoms with Crippen molar-refractivity contribution in [2.75, 3.05) is 7.11 Å². The van der Waals surface area contributed by atoms with Crippen molar-refractivity contribution in [3.8, 4) is 34.3 Å². The highest BCUT2D eigenvalue weighted by molar-refractivity contribution is 8.00. The van der Waals surface area contributed by atoms with Gasteiger partial charge in [-0.25, -0.2) is 9.97 Å². The second kappa shape index (κ2) is 10.4. The summed E-state index contributed by atoms with van der Waals surface area (Å²) in [6.07, 6.45) is 0. The van der Waals surface area contributed by atoms with Crippen molar-refractivity contribution in [3.05, 3.63) is 85.0 Å². The lowest BCUT2D eigenvalue weighted by molar-refractivity contribution is -0.384. The number of nitriles is 1. The molecule has 0 spiro atoms. The van der Waals surface area contributed by atoms with Crippen molar-refractivity contribution < 1.29 is 14.5 Å². The summed E-state index contributed by atoms with van der Waals surface area (Å²) in [6.45, 7) is 0. The van der Waals surface area contributed by atoms with E-state index in [4.69, 9.17) is 10.5 Å². The quantitative estimate of drug-likeness (QED) is 0.152. The molecule has 36 heavy (non-hydrogen) atoms. The number of methoxy groups -OCH3 is 1. The predicted octanol–water partition coefficient (Wildman–Crippen LogP) is 3.67. The number of aromatic nitrogens is 3. The number of nitro benzene ring substituents is 1. The molecule has 11 nitrogen and oxygen atoms in total. The molecule has 0 radical (unpaired) electrons. The molecule has 0 aliphatic heterocycles. The molecule has 0 saturated heterocycles. The minimum atomic E-state index is -1.02. The van der Waals surface area contributed by atoms with E-state index in [0.29, 0.717) is 27.6 Å². The number of thioether (sulfide) groups is 1. The Hall–Kier alpha value is -4.54. The summed E-state index contributed by atoms with van der Waals surface area (Å²) in [4.78, 5) is 47.0. The van der Waals surface area contributed by atoms with E-state index in [9.17, 15) is 25.0 Å². The Morgan fingerprint density at radius 1 is 1.28 bits per heavy atom. The van der Waals surface area contributed by atoms with Crippen LogP contribution in [0.5, 0.6) is 5.75 Å². The molecular weight excluding hydrogens is 504 g/mol. The predicted molar refractivity (Wildman–Crippen MR) is 134 cm³/mol. The fourth-order valence-electron chi connectivity index (χ4n) is 3.31. The monoisotopic (exact) mass is 520 g/mol. The number of rotatable bonds is 8. The Morgan fingerprint density at radius 3 is 2.75 bits per heavy atom. The fourth-order valence-corrected chi connectivity index (χ4v) is 5.22. The first-order valence-electron chi connectivity index (χ1n) is 10.2. The lowest BCUT2D eigenvalue weighted by Gasteiger charge is -2.12. The summed E-state index contributed by atoms with van der Waals surface area (Å²) < 4.78 is 5.34. The van der Waals surface area contributed by atoms with Crippen molar-refractivity contribution in [1.29, 1.82) is 5.26 Å². The Morgan fingerprint density at radius 2 is 2.06 bits per heavy atom. The molecule has 2 heterocycles. The lowest BCUT2D eigenvalue weighted by atomic mass is 10.1. The normalized spacial score (nSPS) is 11.4. The molecule has 2 aromatic carbocycles. The first kappa shape index (κ1) is 24.6. The van der Waals surface area contributed by atoms with Gasteiger partial charge < -0.3 is 15.5 Å². The SMILES string of the molecule is COc1ccccc1-c1nc(SC(C(N)=O)c2nc(-c3cccc([N+](=O)[O-])c3)cs2)[nH]c(=O)c1C#N. The van der Waals surface area contributed by atoms with Gasteiger partial charge in [0.15, 0.2) is 5.16 Å². The Kier molecular flexibility index (Phi) is 7.09. The molecule has 4 rings (SSSR count). The Balaban J connectivity index is 1.72. The summed E-state index contributed by atoms with van der Waals surface area (Å²) in [5, 5.41) is 21.6. The van der Waals surface area contributed by atoms with Crippen LogP contribution in [0, 0.1) is 21.4 Å². The highest BCUT2D eigenvalue weighted by Crippen LogP contribution is 2.38. The topological polar surface area (TPSA) is 178 Å². The van der Waals surface area contributed by atoms with Gasteiger partial charge in [0.2, 0.25) is 5.91 Å². The molecule has 2 aromatic heterocycles. The number of para-hydroxylation sites is 1. The van der Waals surface area contributed by atoms with Crippen molar-refractivity contribution >= 4 is 34.7 Å². The van der Waals surface area contributed by atoms with Crippen LogP contribution in [0.1, 0.15) is 15.8 Å². The first-order chi connectivity index (χ1) is 17.3. The molecule has 13 heteroatoms. The molecular formula is C23H16N6O5S2. The van der Waals surface area contributed by atoms with E-state index in [0.717, 1.165) is 23.1 Å². The van der Waals surface area contributed by atoms with Crippen LogP contribution in [0.25, 0.3) is 22.5 Å². The lowest BCUT2D eigenvalue weighted by Crippen LogP contribution is -2.21. The molecule has 180 valence electrons. The number of nitro groups is 1. The second-order valence-electron chi connectivity index (χ2n) is 7.19. The van der Waals surface area contributed by atoms with E-state index in [-0.39, 0.29) is 22.1 Å². The van der Waals surface area contributed by atoms with Gasteiger partial charge in [-0.3, -0.25) is 19.7 Å². The zero-order valence-electron chi connectivity index (χ0n) is 18.5. The highest BCUT2D eigenvalue weighted by Gasteiger charge is 2.26. The van der Waals surface area contributed by atoms with Crippen LogP contribution in [0.3, 0.4) is 0 Å². The van der Waals surface area contributed by atoms with Crippen molar-refractivity contribution in [2.24, 2.45) is 5.73 Å². The van der Waals surface area contributed by atoms with E-state index < -0.39 is 21.6 Å². The Labute approximate surface area is 211 Å². The number of non-ortho nitro benzene ring substituents is 1. The number of ether oxygens (including phenoxy) is 1. The largest absolute Gasteiger partial charge is 0.496 e. The summed E-state index contributed by atoms with van der Waals surface area (Å²) >= 11 is 2.01. The third-order valence-electron chi connectivity index (χ3n) is 4.96. The maximum atomic E-state index is 12.7. The number of H-pyrrole nitrogens is 1. The Bertz CT molecular complexity index is 1580. The van der Waals surface area contributed by atoms with Crippen LogP contribution in [-0.4, -0.2) is 32.9 Å². The van der Waals surface area contributed by atoms with Gasteiger partial charge >= 0.3 is 0 Å². The van der Waals surface area contributed by atoms with Crippen LogP contribution < -0.4 is 16.0 Å².